The summed E-state index contributed by atoms with van der Waals surface area (Å²) in [6, 6.07) is 10.2. The molecule has 1 atom stereocenters. The molecule has 6 rings (SSSR count). The summed E-state index contributed by atoms with van der Waals surface area (Å²) in [5, 5.41) is 15.0. The topological polar surface area (TPSA) is 65.5 Å². The molecule has 8 heteroatoms. The highest BCUT2D eigenvalue weighted by molar-refractivity contribution is 5.88. The average Bonchev–Trinajstić information content (AvgIpc) is 3.51. The van der Waals surface area contributed by atoms with E-state index in [1.807, 2.05) is 23.2 Å². The first-order valence-corrected chi connectivity index (χ1v) is 14.2. The molecule has 1 fully saturated rings. The van der Waals surface area contributed by atoms with E-state index in [9.17, 15) is 14.3 Å². The molecule has 2 aromatic rings. The minimum absolute atomic E-state index is 0.282. The van der Waals surface area contributed by atoms with Gasteiger partial charge >= 0.3 is 6.09 Å². The van der Waals surface area contributed by atoms with E-state index < -0.39 is 6.09 Å². The molecule has 2 aromatic carbocycles. The quantitative estimate of drug-likeness (QED) is 0.417. The molecule has 0 spiro atoms. The van der Waals surface area contributed by atoms with E-state index in [1.54, 1.807) is 18.6 Å². The van der Waals surface area contributed by atoms with Gasteiger partial charge in [-0.2, -0.15) is 0 Å². The Bertz CT molecular complexity index is 1460. The van der Waals surface area contributed by atoms with Gasteiger partial charge in [-0.3, -0.25) is 5.01 Å². The second-order valence-electron chi connectivity index (χ2n) is 11.1. The minimum Gasteiger partial charge on any atom is -0.493 e. The molecule has 0 bridgehead atoms. The zero-order valence-corrected chi connectivity index (χ0v) is 23.2. The highest BCUT2D eigenvalue weighted by atomic mass is 19.1. The van der Waals surface area contributed by atoms with Gasteiger partial charge in [-0.05, 0) is 84.9 Å². The third-order valence-electron chi connectivity index (χ3n) is 8.58. The fraction of sp³-hybridized carbons (Fsp3) is 0.406. The van der Waals surface area contributed by atoms with Crippen molar-refractivity contribution in [3.63, 3.8) is 0 Å². The minimum atomic E-state index is -0.987. The molecule has 1 saturated heterocycles. The van der Waals surface area contributed by atoms with Crippen LogP contribution in [0.1, 0.15) is 46.0 Å². The van der Waals surface area contributed by atoms with Crippen LogP contribution in [0.25, 0.3) is 10.8 Å². The Morgan fingerprint density at radius 1 is 1.15 bits per heavy atom. The lowest BCUT2D eigenvalue weighted by Crippen LogP contribution is -2.40. The van der Waals surface area contributed by atoms with Gasteiger partial charge < -0.3 is 19.5 Å². The van der Waals surface area contributed by atoms with Gasteiger partial charge in [-0.15, -0.1) is 0 Å². The summed E-state index contributed by atoms with van der Waals surface area (Å²) in [6.45, 7) is 7.42. The average molecular weight is 546 g/mol. The molecule has 7 nitrogen and oxygen atoms in total. The number of carbonyl (C=O) groups is 1. The molecule has 1 N–H and O–H groups in total. The van der Waals surface area contributed by atoms with Crippen molar-refractivity contribution in [1.29, 1.82) is 0 Å². The van der Waals surface area contributed by atoms with Crippen LogP contribution in [0, 0.1) is 11.7 Å². The SMILES string of the molecule is C/C1=C/O/C=C2\C(=C3\CCCC4=C3N(CC4)CC1C)CN(C(=O)O)N2CCCOc1cccc2cc(F)ccc12. The Balaban J connectivity index is 1.28. The molecular weight excluding hydrogens is 509 g/mol. The number of benzene rings is 2. The Morgan fingerprint density at radius 3 is 2.88 bits per heavy atom. The van der Waals surface area contributed by atoms with E-state index in [-0.39, 0.29) is 5.82 Å². The third-order valence-corrected chi connectivity index (χ3v) is 8.58. The molecular formula is C32H36FN3O4. The lowest BCUT2D eigenvalue weighted by molar-refractivity contribution is 0.0443. The van der Waals surface area contributed by atoms with Crippen LogP contribution < -0.4 is 4.74 Å². The van der Waals surface area contributed by atoms with Crippen LogP contribution in [0.3, 0.4) is 0 Å². The molecule has 0 radical (unpaired) electrons. The highest BCUT2D eigenvalue weighted by Gasteiger charge is 2.39. The first kappa shape index (κ1) is 26.3. The van der Waals surface area contributed by atoms with Crippen LogP contribution >= 0.6 is 0 Å². The van der Waals surface area contributed by atoms with E-state index in [4.69, 9.17) is 9.47 Å². The van der Waals surface area contributed by atoms with Crippen molar-refractivity contribution in [1.82, 2.24) is 14.9 Å². The molecule has 0 saturated carbocycles. The highest BCUT2D eigenvalue weighted by Crippen LogP contribution is 2.44. The zero-order chi connectivity index (χ0) is 27.8. The molecule has 1 aliphatic carbocycles. The van der Waals surface area contributed by atoms with Gasteiger partial charge in [0.25, 0.3) is 0 Å². The maximum atomic E-state index is 13.7. The zero-order valence-electron chi connectivity index (χ0n) is 23.2. The predicted molar refractivity (Wildman–Crippen MR) is 152 cm³/mol. The van der Waals surface area contributed by atoms with Crippen LogP contribution in [0.15, 0.2) is 82.6 Å². The maximum absolute atomic E-state index is 13.7. The lowest BCUT2D eigenvalue weighted by Gasteiger charge is -2.30. The Labute approximate surface area is 234 Å². The van der Waals surface area contributed by atoms with Crippen LogP contribution in [0.2, 0.25) is 0 Å². The number of ether oxygens (including phenoxy) is 2. The van der Waals surface area contributed by atoms with Gasteiger partial charge in [0.15, 0.2) is 0 Å². The van der Waals surface area contributed by atoms with E-state index in [0.717, 1.165) is 66.4 Å². The number of amides is 1. The van der Waals surface area contributed by atoms with Gasteiger partial charge in [0, 0.05) is 42.7 Å². The first-order valence-electron chi connectivity index (χ1n) is 14.2. The van der Waals surface area contributed by atoms with Crippen LogP contribution in [0.5, 0.6) is 5.75 Å². The summed E-state index contributed by atoms with van der Waals surface area (Å²) in [4.78, 5) is 15.0. The number of hydrogen-bond acceptors (Lipinski definition) is 5. The van der Waals surface area contributed by atoms with Crippen LogP contribution in [-0.2, 0) is 4.74 Å². The van der Waals surface area contributed by atoms with Crippen LogP contribution in [0.4, 0.5) is 9.18 Å². The number of rotatable bonds is 5. The van der Waals surface area contributed by atoms with Gasteiger partial charge in [0.1, 0.15) is 17.8 Å². The normalized spacial score (nSPS) is 25.5. The molecule has 3 heterocycles. The summed E-state index contributed by atoms with van der Waals surface area (Å²) < 4.78 is 25.8. The predicted octanol–water partition coefficient (Wildman–Crippen LogP) is 6.81. The van der Waals surface area contributed by atoms with Crippen molar-refractivity contribution in [3.05, 3.63) is 88.4 Å². The number of halogens is 1. The maximum Gasteiger partial charge on any atom is 0.426 e. The molecule has 3 aliphatic heterocycles. The Kier molecular flexibility index (Phi) is 7.17. The van der Waals surface area contributed by atoms with Gasteiger partial charge in [-0.25, -0.2) is 14.2 Å². The summed E-state index contributed by atoms with van der Waals surface area (Å²) in [5.41, 5.74) is 7.13. The van der Waals surface area contributed by atoms with Crippen molar-refractivity contribution in [2.75, 3.05) is 32.8 Å². The molecule has 210 valence electrons. The fourth-order valence-corrected chi connectivity index (χ4v) is 6.38. The van der Waals surface area contributed by atoms with Gasteiger partial charge in [-0.1, -0.05) is 19.1 Å². The molecule has 1 unspecified atom stereocenters. The van der Waals surface area contributed by atoms with Crippen molar-refractivity contribution in [2.24, 2.45) is 5.92 Å². The molecule has 1 amide bonds. The second-order valence-corrected chi connectivity index (χ2v) is 11.1. The van der Waals surface area contributed by atoms with Crippen molar-refractivity contribution >= 4 is 16.9 Å². The Hall–Kier alpha value is -3.94. The number of carboxylic acid groups (broad SMARTS) is 1. The molecule has 0 aromatic heterocycles. The Morgan fingerprint density at radius 2 is 2.02 bits per heavy atom. The van der Waals surface area contributed by atoms with Crippen molar-refractivity contribution in [2.45, 2.75) is 46.0 Å². The van der Waals surface area contributed by atoms with Gasteiger partial charge in [0.2, 0.25) is 0 Å². The second kappa shape index (κ2) is 10.9. The van der Waals surface area contributed by atoms with E-state index in [1.165, 1.54) is 34.0 Å². The van der Waals surface area contributed by atoms with Crippen molar-refractivity contribution in [3.8, 4) is 5.75 Å². The van der Waals surface area contributed by atoms with E-state index in [0.29, 0.717) is 37.8 Å². The van der Waals surface area contributed by atoms with Crippen molar-refractivity contribution < 1.29 is 23.8 Å². The van der Waals surface area contributed by atoms with E-state index in [2.05, 4.69) is 18.7 Å². The number of hydrogen-bond donors (Lipinski definition) is 1. The first-order chi connectivity index (χ1) is 19.4. The number of hydrazine groups is 1. The number of allylic oxidation sites excluding steroid dienone is 1. The summed E-state index contributed by atoms with van der Waals surface area (Å²) in [7, 11) is 0. The molecule has 40 heavy (non-hydrogen) atoms. The monoisotopic (exact) mass is 545 g/mol. The largest absolute Gasteiger partial charge is 0.493 e. The fourth-order valence-electron chi connectivity index (χ4n) is 6.38. The van der Waals surface area contributed by atoms with Gasteiger partial charge in [0.05, 0.1) is 25.1 Å². The number of fused-ring (bicyclic) bond motifs is 2. The molecule has 4 aliphatic rings. The lowest BCUT2D eigenvalue weighted by atomic mass is 9.88. The number of nitrogens with zero attached hydrogens (tertiary/aromatic N) is 3. The summed E-state index contributed by atoms with van der Waals surface area (Å²) in [5.74, 6) is 0.757. The van der Waals surface area contributed by atoms with E-state index >= 15 is 0 Å². The smallest absolute Gasteiger partial charge is 0.426 e. The third kappa shape index (κ3) is 4.91. The summed E-state index contributed by atoms with van der Waals surface area (Å²) >= 11 is 0. The summed E-state index contributed by atoms with van der Waals surface area (Å²) in [6.07, 6.45) is 7.35. The van der Waals surface area contributed by atoms with Crippen LogP contribution in [-0.4, -0.2) is 58.9 Å². The standard InChI is InChI=1S/C32H36FN3O4/c1-21-17-34-14-12-23-6-3-8-27(31(23)34)28-18-36(32(37)38)35(29(28)20-39-19-22(21)2)13-5-15-40-30-9-4-7-24-16-25(33)10-11-26(24)30/h4,7,9-11,16,19-21H,3,5-6,8,12-15,17-18H2,1-2H3,(H,37,38)/b22-19-,28-27-,29-20+.